The normalized spacial score (nSPS) is 18.0. The summed E-state index contributed by atoms with van der Waals surface area (Å²) in [5.74, 6) is 0.925. The fourth-order valence-corrected chi connectivity index (χ4v) is 4.64. The molecule has 1 unspecified atom stereocenters. The summed E-state index contributed by atoms with van der Waals surface area (Å²) in [4.78, 5) is 32.7. The second kappa shape index (κ2) is 9.74. The van der Waals surface area contributed by atoms with Crippen LogP contribution in [0.1, 0.15) is 77.5 Å². The number of hydrogen-bond donors (Lipinski definition) is 0. The van der Waals surface area contributed by atoms with E-state index in [0.29, 0.717) is 17.2 Å². The first kappa shape index (κ1) is 21.8. The molecule has 3 rings (SSSR count). The maximum absolute atomic E-state index is 13.0. The molecular weight excluding hydrogens is 366 g/mol. The second-order valence-corrected chi connectivity index (χ2v) is 8.50. The van der Waals surface area contributed by atoms with Gasteiger partial charge in [-0.1, -0.05) is 46.0 Å². The standard InChI is InChI=1S/C22H37N5O2/c1-5-7-8-9-11-15-27-18(16-26-14-12-10-13-17(26)6-2)23-20-19(27)21(28)25(4)22(29)24(20)3/h17H,5-16H2,1-4H3. The zero-order valence-corrected chi connectivity index (χ0v) is 18.6. The lowest BCUT2D eigenvalue weighted by atomic mass is 10.00. The van der Waals surface area contributed by atoms with Crippen LogP contribution in [0.25, 0.3) is 11.2 Å². The van der Waals surface area contributed by atoms with Crippen molar-refractivity contribution in [2.24, 2.45) is 14.1 Å². The summed E-state index contributed by atoms with van der Waals surface area (Å²) < 4.78 is 4.82. The molecule has 0 aliphatic carbocycles. The molecule has 7 heteroatoms. The lowest BCUT2D eigenvalue weighted by Gasteiger charge is -2.34. The average molecular weight is 404 g/mol. The minimum atomic E-state index is -0.314. The van der Waals surface area contributed by atoms with Crippen molar-refractivity contribution in [1.82, 2.24) is 23.6 Å². The fraction of sp³-hybridized carbons (Fsp3) is 0.773. The zero-order valence-electron chi connectivity index (χ0n) is 18.6. The monoisotopic (exact) mass is 403 g/mol. The summed E-state index contributed by atoms with van der Waals surface area (Å²) in [6.07, 6.45) is 10.7. The number of aromatic nitrogens is 4. The molecular formula is C22H37N5O2. The van der Waals surface area contributed by atoms with E-state index in [1.807, 2.05) is 0 Å². The highest BCUT2D eigenvalue weighted by Gasteiger charge is 2.25. The fourth-order valence-electron chi connectivity index (χ4n) is 4.64. The molecule has 7 nitrogen and oxygen atoms in total. The summed E-state index contributed by atoms with van der Waals surface area (Å²) in [5, 5.41) is 0. The van der Waals surface area contributed by atoms with Crippen molar-refractivity contribution in [1.29, 1.82) is 0 Å². The van der Waals surface area contributed by atoms with Gasteiger partial charge in [0.05, 0.1) is 6.54 Å². The maximum Gasteiger partial charge on any atom is 0.332 e. The molecule has 0 bridgehead atoms. The maximum atomic E-state index is 13.0. The molecule has 0 aromatic carbocycles. The number of fused-ring (bicyclic) bond motifs is 1. The Morgan fingerprint density at radius 2 is 1.76 bits per heavy atom. The highest BCUT2D eigenvalue weighted by Crippen LogP contribution is 2.23. The minimum Gasteiger partial charge on any atom is -0.321 e. The number of aryl methyl sites for hydroxylation is 2. The van der Waals surface area contributed by atoms with Crippen LogP contribution in [-0.2, 0) is 27.2 Å². The Hall–Kier alpha value is -1.89. The smallest absolute Gasteiger partial charge is 0.321 e. The van der Waals surface area contributed by atoms with Crippen LogP contribution in [-0.4, -0.2) is 36.2 Å². The van der Waals surface area contributed by atoms with Gasteiger partial charge in [-0.3, -0.25) is 18.8 Å². The predicted octanol–water partition coefficient (Wildman–Crippen LogP) is 3.17. The Bertz CT molecular complexity index is 939. The van der Waals surface area contributed by atoms with Gasteiger partial charge >= 0.3 is 5.69 Å². The van der Waals surface area contributed by atoms with Crippen LogP contribution in [0.15, 0.2) is 9.59 Å². The van der Waals surface area contributed by atoms with Gasteiger partial charge in [-0.25, -0.2) is 9.78 Å². The molecule has 1 saturated heterocycles. The summed E-state index contributed by atoms with van der Waals surface area (Å²) in [5.41, 5.74) is 0.545. The molecule has 1 aliphatic rings. The van der Waals surface area contributed by atoms with Crippen LogP contribution in [0.3, 0.4) is 0 Å². The van der Waals surface area contributed by atoms with E-state index in [0.717, 1.165) is 44.7 Å². The van der Waals surface area contributed by atoms with E-state index in [1.54, 1.807) is 14.1 Å². The Kier molecular flexibility index (Phi) is 7.33. The van der Waals surface area contributed by atoms with Crippen molar-refractivity contribution < 1.29 is 0 Å². The van der Waals surface area contributed by atoms with Gasteiger partial charge in [0.25, 0.3) is 5.56 Å². The minimum absolute atomic E-state index is 0.235. The van der Waals surface area contributed by atoms with E-state index < -0.39 is 0 Å². The van der Waals surface area contributed by atoms with Gasteiger partial charge in [0, 0.05) is 26.7 Å². The molecule has 2 aromatic heterocycles. The second-order valence-electron chi connectivity index (χ2n) is 8.50. The molecule has 0 radical (unpaired) electrons. The summed E-state index contributed by atoms with van der Waals surface area (Å²) in [6.45, 7) is 7.08. The molecule has 0 saturated carbocycles. The third kappa shape index (κ3) is 4.49. The van der Waals surface area contributed by atoms with Crippen molar-refractivity contribution in [3.63, 3.8) is 0 Å². The molecule has 29 heavy (non-hydrogen) atoms. The topological polar surface area (TPSA) is 65.1 Å². The van der Waals surface area contributed by atoms with Gasteiger partial charge in [-0.15, -0.1) is 0 Å². The third-order valence-corrected chi connectivity index (χ3v) is 6.48. The Labute approximate surface area is 173 Å². The van der Waals surface area contributed by atoms with Crippen molar-refractivity contribution in [2.75, 3.05) is 6.54 Å². The number of likely N-dealkylation sites (tertiary alicyclic amines) is 1. The van der Waals surface area contributed by atoms with Crippen molar-refractivity contribution >= 4 is 11.2 Å². The van der Waals surface area contributed by atoms with Gasteiger partial charge in [-0.05, 0) is 32.2 Å². The molecule has 2 aromatic rings. The van der Waals surface area contributed by atoms with Crippen molar-refractivity contribution in [2.45, 2.75) is 90.8 Å². The molecule has 0 N–H and O–H groups in total. The lowest BCUT2D eigenvalue weighted by molar-refractivity contribution is 0.131. The first-order valence-corrected chi connectivity index (χ1v) is 11.4. The number of piperidine rings is 1. The number of rotatable bonds is 9. The van der Waals surface area contributed by atoms with Crippen LogP contribution >= 0.6 is 0 Å². The number of nitrogens with zero attached hydrogens (tertiary/aromatic N) is 5. The zero-order chi connectivity index (χ0) is 21.0. The molecule has 162 valence electrons. The molecule has 1 aliphatic heterocycles. The molecule has 3 heterocycles. The quantitative estimate of drug-likeness (QED) is 0.603. The molecule has 1 fully saturated rings. The first-order chi connectivity index (χ1) is 14.0. The number of unbranched alkanes of at least 4 members (excludes halogenated alkanes) is 4. The predicted molar refractivity (Wildman–Crippen MR) is 117 cm³/mol. The number of hydrogen-bond acceptors (Lipinski definition) is 4. The lowest BCUT2D eigenvalue weighted by Crippen LogP contribution is -2.39. The Morgan fingerprint density at radius 1 is 1.00 bits per heavy atom. The van der Waals surface area contributed by atoms with Crippen molar-refractivity contribution in [3.8, 4) is 0 Å². The average Bonchev–Trinajstić information content (AvgIpc) is 3.09. The van der Waals surface area contributed by atoms with E-state index in [4.69, 9.17) is 4.98 Å². The summed E-state index contributed by atoms with van der Waals surface area (Å²) in [7, 11) is 3.27. The van der Waals surface area contributed by atoms with E-state index in [9.17, 15) is 9.59 Å². The van der Waals surface area contributed by atoms with E-state index in [1.165, 1.54) is 47.7 Å². The van der Waals surface area contributed by atoms with E-state index in [2.05, 4.69) is 23.3 Å². The summed E-state index contributed by atoms with van der Waals surface area (Å²) >= 11 is 0. The van der Waals surface area contributed by atoms with Crippen LogP contribution in [0, 0.1) is 0 Å². The highest BCUT2D eigenvalue weighted by atomic mass is 16.2. The van der Waals surface area contributed by atoms with Crippen molar-refractivity contribution in [3.05, 3.63) is 26.7 Å². The van der Waals surface area contributed by atoms with E-state index in [-0.39, 0.29) is 11.2 Å². The highest BCUT2D eigenvalue weighted by molar-refractivity contribution is 5.71. The first-order valence-electron chi connectivity index (χ1n) is 11.4. The van der Waals surface area contributed by atoms with Crippen LogP contribution in [0.2, 0.25) is 0 Å². The van der Waals surface area contributed by atoms with Gasteiger partial charge in [-0.2, -0.15) is 0 Å². The number of imidazole rings is 1. The van der Waals surface area contributed by atoms with Gasteiger partial charge in [0.2, 0.25) is 0 Å². The molecule has 0 amide bonds. The summed E-state index contributed by atoms with van der Waals surface area (Å²) in [6, 6.07) is 0.577. The van der Waals surface area contributed by atoms with Crippen LogP contribution in [0.5, 0.6) is 0 Å². The molecule has 1 atom stereocenters. The van der Waals surface area contributed by atoms with Gasteiger partial charge < -0.3 is 4.57 Å². The van der Waals surface area contributed by atoms with Gasteiger partial charge in [0.1, 0.15) is 5.82 Å². The molecule has 0 spiro atoms. The third-order valence-electron chi connectivity index (χ3n) is 6.48. The Balaban J connectivity index is 1.99. The Morgan fingerprint density at radius 3 is 2.48 bits per heavy atom. The van der Waals surface area contributed by atoms with E-state index >= 15 is 0 Å². The van der Waals surface area contributed by atoms with Crippen LogP contribution < -0.4 is 11.2 Å². The largest absolute Gasteiger partial charge is 0.332 e. The van der Waals surface area contributed by atoms with Crippen LogP contribution in [0.4, 0.5) is 0 Å². The SMILES string of the molecule is CCCCCCCn1c(CN2CCCCC2CC)nc2c1c(=O)n(C)c(=O)n2C. The van der Waals surface area contributed by atoms with Gasteiger partial charge in [0.15, 0.2) is 11.2 Å².